The Bertz CT molecular complexity index is 607. The van der Waals surface area contributed by atoms with E-state index in [1.54, 1.807) is 0 Å². The zero-order chi connectivity index (χ0) is 16.1. The number of carbonyl (C=O) groups excluding carboxylic acids is 3. The van der Waals surface area contributed by atoms with E-state index < -0.39 is 17.5 Å². The molecule has 8 heteroatoms. The van der Waals surface area contributed by atoms with E-state index in [2.05, 4.69) is 10.6 Å². The van der Waals surface area contributed by atoms with Gasteiger partial charge >= 0.3 is 0 Å². The molecule has 0 saturated carbocycles. The third-order valence-electron chi connectivity index (χ3n) is 3.25. The fraction of sp³-hybridized carbons (Fsp3) is 0.357. The highest BCUT2D eigenvalue weighted by Crippen LogP contribution is 2.08. The second kappa shape index (κ2) is 6.97. The molecule has 1 aliphatic heterocycles. The van der Waals surface area contributed by atoms with Crippen molar-refractivity contribution in [1.29, 1.82) is 0 Å². The summed E-state index contributed by atoms with van der Waals surface area (Å²) < 4.78 is 25.8. The van der Waals surface area contributed by atoms with Crippen molar-refractivity contribution in [2.45, 2.75) is 6.42 Å². The van der Waals surface area contributed by atoms with Crippen LogP contribution < -0.4 is 10.6 Å². The van der Waals surface area contributed by atoms with Gasteiger partial charge in [0.05, 0.1) is 6.54 Å². The summed E-state index contributed by atoms with van der Waals surface area (Å²) in [6.45, 7) is 0.741. The summed E-state index contributed by atoms with van der Waals surface area (Å²) in [7, 11) is 0. The van der Waals surface area contributed by atoms with Gasteiger partial charge in [-0.25, -0.2) is 8.78 Å². The minimum absolute atomic E-state index is 0.0700. The van der Waals surface area contributed by atoms with Gasteiger partial charge in [-0.1, -0.05) is 0 Å². The molecule has 0 aromatic heterocycles. The topological polar surface area (TPSA) is 78.5 Å². The van der Waals surface area contributed by atoms with Crippen molar-refractivity contribution < 1.29 is 23.2 Å². The van der Waals surface area contributed by atoms with Gasteiger partial charge in [0.25, 0.3) is 5.91 Å². The molecular weight excluding hydrogens is 296 g/mol. The summed E-state index contributed by atoms with van der Waals surface area (Å²) in [4.78, 5) is 36.4. The number of carbonyl (C=O) groups is 3. The molecule has 22 heavy (non-hydrogen) atoms. The molecule has 1 aliphatic rings. The first-order valence-corrected chi connectivity index (χ1v) is 6.75. The lowest BCUT2D eigenvalue weighted by atomic mass is 10.2. The molecule has 1 aromatic carbocycles. The van der Waals surface area contributed by atoms with Crippen LogP contribution in [-0.2, 0) is 9.59 Å². The van der Waals surface area contributed by atoms with Gasteiger partial charge in [0.2, 0.25) is 11.8 Å². The Morgan fingerprint density at radius 2 is 2.00 bits per heavy atom. The van der Waals surface area contributed by atoms with E-state index in [4.69, 9.17) is 0 Å². The second-order valence-electron chi connectivity index (χ2n) is 4.79. The van der Waals surface area contributed by atoms with Gasteiger partial charge in [-0.3, -0.25) is 14.4 Å². The van der Waals surface area contributed by atoms with E-state index in [-0.39, 0.29) is 36.9 Å². The lowest BCUT2D eigenvalue weighted by Crippen LogP contribution is -2.41. The average molecular weight is 311 g/mol. The SMILES string of the molecule is O=C1CCN(C(=O)CNC(=O)c2ccc(F)c(F)c2)CCN1. The van der Waals surface area contributed by atoms with Gasteiger partial charge in [-0.2, -0.15) is 0 Å². The smallest absolute Gasteiger partial charge is 0.251 e. The number of rotatable bonds is 3. The number of hydrogen-bond acceptors (Lipinski definition) is 3. The van der Waals surface area contributed by atoms with Crippen molar-refractivity contribution >= 4 is 17.7 Å². The van der Waals surface area contributed by atoms with Gasteiger partial charge in [0.1, 0.15) is 0 Å². The molecule has 1 heterocycles. The van der Waals surface area contributed by atoms with Crippen LogP contribution >= 0.6 is 0 Å². The minimum atomic E-state index is -1.13. The molecule has 6 nitrogen and oxygen atoms in total. The van der Waals surface area contributed by atoms with Crippen molar-refractivity contribution in [2.75, 3.05) is 26.2 Å². The normalized spacial score (nSPS) is 15.0. The first-order chi connectivity index (χ1) is 10.5. The molecule has 0 atom stereocenters. The number of halogens is 2. The number of nitrogens with zero attached hydrogens (tertiary/aromatic N) is 1. The first kappa shape index (κ1) is 15.9. The molecule has 1 aromatic rings. The Kier molecular flexibility index (Phi) is 5.03. The summed E-state index contributed by atoms with van der Waals surface area (Å²) in [5, 5.41) is 4.98. The highest BCUT2D eigenvalue weighted by atomic mass is 19.2. The van der Waals surface area contributed by atoms with Crippen LogP contribution in [-0.4, -0.2) is 48.8 Å². The third kappa shape index (κ3) is 4.00. The van der Waals surface area contributed by atoms with E-state index >= 15 is 0 Å². The molecule has 0 radical (unpaired) electrons. The standard InChI is InChI=1S/C14H15F2N3O3/c15-10-2-1-9(7-11(10)16)14(22)18-8-13(21)19-5-3-12(20)17-4-6-19/h1-2,7H,3-6,8H2,(H,17,20)(H,18,22). The van der Waals surface area contributed by atoms with Crippen LogP contribution in [0.25, 0.3) is 0 Å². The number of amides is 3. The predicted octanol–water partition coefficient (Wildman–Crippen LogP) is 0.0431. The molecule has 3 amide bonds. The molecule has 2 rings (SSSR count). The van der Waals surface area contributed by atoms with Gasteiger partial charge in [-0.05, 0) is 18.2 Å². The molecule has 2 N–H and O–H groups in total. The van der Waals surface area contributed by atoms with Gasteiger partial charge in [0.15, 0.2) is 11.6 Å². The van der Waals surface area contributed by atoms with Gasteiger partial charge < -0.3 is 15.5 Å². The zero-order valence-corrected chi connectivity index (χ0v) is 11.7. The van der Waals surface area contributed by atoms with Crippen molar-refractivity contribution in [3.05, 3.63) is 35.4 Å². The lowest BCUT2D eigenvalue weighted by Gasteiger charge is -2.19. The van der Waals surface area contributed by atoms with E-state index in [0.29, 0.717) is 13.1 Å². The summed E-state index contributed by atoms with van der Waals surface area (Å²) in [5.74, 6) is -3.31. The van der Waals surface area contributed by atoms with Crippen molar-refractivity contribution in [3.8, 4) is 0 Å². The van der Waals surface area contributed by atoms with Crippen LogP contribution in [0.3, 0.4) is 0 Å². The highest BCUT2D eigenvalue weighted by molar-refractivity contribution is 5.96. The van der Waals surface area contributed by atoms with Crippen LogP contribution in [0, 0.1) is 11.6 Å². The summed E-state index contributed by atoms with van der Waals surface area (Å²) in [5.41, 5.74) is -0.0700. The third-order valence-corrected chi connectivity index (χ3v) is 3.25. The minimum Gasteiger partial charge on any atom is -0.354 e. The molecule has 118 valence electrons. The maximum atomic E-state index is 13.0. The van der Waals surface area contributed by atoms with Gasteiger partial charge in [0, 0.05) is 31.6 Å². The second-order valence-corrected chi connectivity index (χ2v) is 4.79. The Balaban J connectivity index is 1.88. The van der Waals surface area contributed by atoms with E-state index in [0.717, 1.165) is 18.2 Å². The van der Waals surface area contributed by atoms with Gasteiger partial charge in [-0.15, -0.1) is 0 Å². The Labute approximate surface area is 125 Å². The van der Waals surface area contributed by atoms with Crippen molar-refractivity contribution in [2.24, 2.45) is 0 Å². The van der Waals surface area contributed by atoms with Crippen molar-refractivity contribution in [1.82, 2.24) is 15.5 Å². The Morgan fingerprint density at radius 3 is 2.73 bits per heavy atom. The molecule has 1 fully saturated rings. The van der Waals surface area contributed by atoms with E-state index in [9.17, 15) is 23.2 Å². The summed E-state index contributed by atoms with van der Waals surface area (Å²) in [6, 6.07) is 2.74. The van der Waals surface area contributed by atoms with Crippen LogP contribution in [0.5, 0.6) is 0 Å². The average Bonchev–Trinajstić information content (AvgIpc) is 2.72. The van der Waals surface area contributed by atoms with Crippen molar-refractivity contribution in [3.63, 3.8) is 0 Å². The maximum absolute atomic E-state index is 13.0. The summed E-state index contributed by atoms with van der Waals surface area (Å²) in [6.07, 6.45) is 0.211. The highest BCUT2D eigenvalue weighted by Gasteiger charge is 2.19. The quantitative estimate of drug-likeness (QED) is 0.827. The molecule has 0 bridgehead atoms. The predicted molar refractivity (Wildman–Crippen MR) is 72.9 cm³/mol. The molecule has 0 aliphatic carbocycles. The van der Waals surface area contributed by atoms with Crippen LogP contribution in [0.2, 0.25) is 0 Å². The zero-order valence-electron chi connectivity index (χ0n) is 11.7. The number of benzene rings is 1. The summed E-state index contributed by atoms with van der Waals surface area (Å²) >= 11 is 0. The fourth-order valence-electron chi connectivity index (χ4n) is 2.02. The number of nitrogens with one attached hydrogen (secondary N) is 2. The Morgan fingerprint density at radius 1 is 1.23 bits per heavy atom. The first-order valence-electron chi connectivity index (χ1n) is 6.75. The van der Waals surface area contributed by atoms with E-state index in [1.165, 1.54) is 4.90 Å². The monoisotopic (exact) mass is 311 g/mol. The van der Waals surface area contributed by atoms with Crippen LogP contribution in [0.15, 0.2) is 18.2 Å². The maximum Gasteiger partial charge on any atom is 0.251 e. The molecule has 0 unspecified atom stereocenters. The lowest BCUT2D eigenvalue weighted by molar-refractivity contribution is -0.130. The van der Waals surface area contributed by atoms with Crippen LogP contribution in [0.4, 0.5) is 8.78 Å². The number of hydrogen-bond donors (Lipinski definition) is 2. The molecule has 0 spiro atoms. The fourth-order valence-corrected chi connectivity index (χ4v) is 2.02. The molecular formula is C14H15F2N3O3. The largest absolute Gasteiger partial charge is 0.354 e. The van der Waals surface area contributed by atoms with Crippen LogP contribution in [0.1, 0.15) is 16.8 Å². The Hall–Kier alpha value is -2.51. The van der Waals surface area contributed by atoms with E-state index in [1.807, 2.05) is 0 Å². The molecule has 1 saturated heterocycles.